The summed E-state index contributed by atoms with van der Waals surface area (Å²) in [6, 6.07) is 2.12. The molecule has 1 fully saturated rings. The third-order valence-electron chi connectivity index (χ3n) is 3.03. The molecule has 1 aromatic rings. The van der Waals surface area contributed by atoms with Gasteiger partial charge in [0.1, 0.15) is 11.7 Å². The van der Waals surface area contributed by atoms with Crippen LogP contribution in [0.2, 0.25) is 0 Å². The van der Waals surface area contributed by atoms with Crippen LogP contribution in [0.4, 0.5) is 5.82 Å². The van der Waals surface area contributed by atoms with E-state index in [0.717, 1.165) is 37.3 Å². The third-order valence-corrected chi connectivity index (χ3v) is 3.03. The second kappa shape index (κ2) is 4.57. The van der Waals surface area contributed by atoms with E-state index in [0.29, 0.717) is 5.84 Å². The van der Waals surface area contributed by atoms with Crippen LogP contribution in [0.1, 0.15) is 18.4 Å². The Labute approximate surface area is 95.5 Å². The van der Waals surface area contributed by atoms with Crippen LogP contribution in [0.25, 0.3) is 0 Å². The van der Waals surface area contributed by atoms with E-state index in [-0.39, 0.29) is 6.04 Å². The smallest absolute Gasteiger partial charge is 0.131 e. The van der Waals surface area contributed by atoms with E-state index in [4.69, 9.17) is 11.1 Å². The standard InChI is InChI=1S/C11H19N5/c1-14-11-9(4-5-15-11)10(13)16-6-2-3-8(12)7-16/h4-5,8,13-15H,2-3,6-7,12H2,1H3. The minimum atomic E-state index is 0.200. The number of nitrogens with two attached hydrogens (primary N) is 1. The summed E-state index contributed by atoms with van der Waals surface area (Å²) >= 11 is 0. The number of hydrogen-bond acceptors (Lipinski definition) is 3. The van der Waals surface area contributed by atoms with E-state index in [2.05, 4.69) is 15.2 Å². The molecule has 1 aromatic heterocycles. The number of amidine groups is 1. The van der Waals surface area contributed by atoms with Crippen LogP contribution in [0.3, 0.4) is 0 Å². The summed E-state index contributed by atoms with van der Waals surface area (Å²) in [6.45, 7) is 1.72. The van der Waals surface area contributed by atoms with Crippen molar-refractivity contribution < 1.29 is 0 Å². The van der Waals surface area contributed by atoms with Gasteiger partial charge in [-0.3, -0.25) is 5.41 Å². The van der Waals surface area contributed by atoms with E-state index >= 15 is 0 Å². The van der Waals surface area contributed by atoms with Gasteiger partial charge in [-0.05, 0) is 18.9 Å². The fraction of sp³-hybridized carbons (Fsp3) is 0.545. The molecule has 16 heavy (non-hydrogen) atoms. The minimum Gasteiger partial charge on any atom is -0.374 e. The maximum atomic E-state index is 8.19. The predicted octanol–water partition coefficient (Wildman–Crippen LogP) is 0.805. The van der Waals surface area contributed by atoms with Crippen LogP contribution in [-0.2, 0) is 0 Å². The highest BCUT2D eigenvalue weighted by atomic mass is 15.2. The third kappa shape index (κ3) is 2.04. The highest BCUT2D eigenvalue weighted by molar-refractivity contribution is 6.00. The van der Waals surface area contributed by atoms with E-state index in [1.165, 1.54) is 0 Å². The van der Waals surface area contributed by atoms with E-state index in [1.807, 2.05) is 19.3 Å². The van der Waals surface area contributed by atoms with Gasteiger partial charge in [0, 0.05) is 32.4 Å². The molecule has 1 aliphatic heterocycles. The van der Waals surface area contributed by atoms with Crippen molar-refractivity contribution in [3.8, 4) is 0 Å². The Morgan fingerprint density at radius 2 is 2.50 bits per heavy atom. The lowest BCUT2D eigenvalue weighted by atomic mass is 10.1. The van der Waals surface area contributed by atoms with Gasteiger partial charge in [0.05, 0.1) is 5.56 Å². The molecule has 2 rings (SSSR count). The second-order valence-electron chi connectivity index (χ2n) is 4.21. The quantitative estimate of drug-likeness (QED) is 0.440. The van der Waals surface area contributed by atoms with Gasteiger partial charge in [0.25, 0.3) is 0 Å². The van der Waals surface area contributed by atoms with Crippen molar-refractivity contribution in [3.63, 3.8) is 0 Å². The van der Waals surface area contributed by atoms with Gasteiger partial charge in [-0.25, -0.2) is 0 Å². The Balaban J connectivity index is 2.12. The maximum Gasteiger partial charge on any atom is 0.131 e. The van der Waals surface area contributed by atoms with Crippen molar-refractivity contribution in [1.29, 1.82) is 5.41 Å². The summed E-state index contributed by atoms with van der Waals surface area (Å²) in [4.78, 5) is 5.13. The Hall–Kier alpha value is -1.49. The lowest BCUT2D eigenvalue weighted by Gasteiger charge is -2.32. The zero-order valence-electron chi connectivity index (χ0n) is 9.59. The molecule has 2 heterocycles. The van der Waals surface area contributed by atoms with Gasteiger partial charge in [-0.2, -0.15) is 0 Å². The average molecular weight is 221 g/mol. The molecule has 1 aliphatic rings. The molecule has 1 unspecified atom stereocenters. The van der Waals surface area contributed by atoms with Gasteiger partial charge >= 0.3 is 0 Å². The normalized spacial score (nSPS) is 20.9. The monoisotopic (exact) mass is 221 g/mol. The first-order valence-corrected chi connectivity index (χ1v) is 5.67. The van der Waals surface area contributed by atoms with Crippen molar-refractivity contribution in [2.24, 2.45) is 5.73 Å². The largest absolute Gasteiger partial charge is 0.374 e. The number of H-pyrrole nitrogens is 1. The lowest BCUT2D eigenvalue weighted by molar-refractivity contribution is 0.309. The van der Waals surface area contributed by atoms with Gasteiger partial charge in [0.2, 0.25) is 0 Å². The number of aromatic amines is 1. The molecule has 1 atom stereocenters. The van der Waals surface area contributed by atoms with Crippen molar-refractivity contribution in [2.75, 3.05) is 25.5 Å². The average Bonchev–Trinajstić information content (AvgIpc) is 2.76. The zero-order valence-corrected chi connectivity index (χ0v) is 9.59. The first kappa shape index (κ1) is 11.0. The Morgan fingerprint density at radius 1 is 1.69 bits per heavy atom. The summed E-state index contributed by atoms with van der Waals surface area (Å²) < 4.78 is 0. The molecule has 0 saturated carbocycles. The lowest BCUT2D eigenvalue weighted by Crippen LogP contribution is -2.45. The molecular formula is C11H19N5. The molecule has 5 heteroatoms. The first-order chi connectivity index (χ1) is 7.72. The SMILES string of the molecule is CNc1[nH]ccc1C(=N)N1CCCC(N)C1. The number of nitrogens with zero attached hydrogens (tertiary/aromatic N) is 1. The number of likely N-dealkylation sites (tertiary alicyclic amines) is 1. The van der Waals surface area contributed by atoms with Crippen LogP contribution >= 0.6 is 0 Å². The molecule has 1 saturated heterocycles. The van der Waals surface area contributed by atoms with Crippen molar-refractivity contribution in [1.82, 2.24) is 9.88 Å². The molecule has 5 N–H and O–H groups in total. The van der Waals surface area contributed by atoms with Gasteiger partial charge < -0.3 is 20.9 Å². The highest BCUT2D eigenvalue weighted by Crippen LogP contribution is 2.17. The number of hydrogen-bond donors (Lipinski definition) is 4. The molecule has 0 aliphatic carbocycles. The predicted molar refractivity (Wildman–Crippen MR) is 66.0 cm³/mol. The molecule has 0 bridgehead atoms. The minimum absolute atomic E-state index is 0.200. The summed E-state index contributed by atoms with van der Waals surface area (Å²) in [5.74, 6) is 1.45. The highest BCUT2D eigenvalue weighted by Gasteiger charge is 2.21. The summed E-state index contributed by atoms with van der Waals surface area (Å²) in [6.07, 6.45) is 3.98. The van der Waals surface area contributed by atoms with Crippen molar-refractivity contribution >= 4 is 11.7 Å². The molecule has 0 radical (unpaired) electrons. The van der Waals surface area contributed by atoms with Crippen molar-refractivity contribution in [3.05, 3.63) is 17.8 Å². The topological polar surface area (TPSA) is 80.9 Å². The van der Waals surface area contributed by atoms with Gasteiger partial charge in [-0.15, -0.1) is 0 Å². The summed E-state index contributed by atoms with van der Waals surface area (Å²) in [5, 5.41) is 11.2. The zero-order chi connectivity index (χ0) is 11.5. The Kier molecular flexibility index (Phi) is 3.14. The molecule has 0 aromatic carbocycles. The first-order valence-electron chi connectivity index (χ1n) is 5.67. The number of aromatic nitrogens is 1. The summed E-state index contributed by atoms with van der Waals surface area (Å²) in [5.41, 5.74) is 6.84. The van der Waals surface area contributed by atoms with Gasteiger partial charge in [-0.1, -0.05) is 0 Å². The number of nitrogens with one attached hydrogen (secondary N) is 3. The van der Waals surface area contributed by atoms with E-state index < -0.39 is 0 Å². The van der Waals surface area contributed by atoms with Crippen LogP contribution in [-0.4, -0.2) is 41.9 Å². The van der Waals surface area contributed by atoms with Crippen LogP contribution < -0.4 is 11.1 Å². The molecular weight excluding hydrogens is 202 g/mol. The van der Waals surface area contributed by atoms with Crippen LogP contribution in [0.5, 0.6) is 0 Å². The van der Waals surface area contributed by atoms with Crippen molar-refractivity contribution in [2.45, 2.75) is 18.9 Å². The second-order valence-corrected chi connectivity index (χ2v) is 4.21. The Bertz CT molecular complexity index is 370. The Morgan fingerprint density at radius 3 is 3.19 bits per heavy atom. The number of anilines is 1. The molecule has 0 spiro atoms. The molecule has 0 amide bonds. The van der Waals surface area contributed by atoms with E-state index in [1.54, 1.807) is 0 Å². The van der Waals surface area contributed by atoms with Crippen LogP contribution in [0, 0.1) is 5.41 Å². The van der Waals surface area contributed by atoms with Crippen LogP contribution in [0.15, 0.2) is 12.3 Å². The fourth-order valence-corrected chi connectivity index (χ4v) is 2.16. The summed E-state index contributed by atoms with van der Waals surface area (Å²) in [7, 11) is 1.85. The van der Waals surface area contributed by atoms with Gasteiger partial charge in [0.15, 0.2) is 0 Å². The fourth-order valence-electron chi connectivity index (χ4n) is 2.16. The molecule has 5 nitrogen and oxygen atoms in total. The number of rotatable bonds is 2. The maximum absolute atomic E-state index is 8.19. The van der Waals surface area contributed by atoms with E-state index in [9.17, 15) is 0 Å². The number of piperidine rings is 1. The molecule has 88 valence electrons.